The molecule has 0 spiro atoms. The first-order chi connectivity index (χ1) is 9.02. The molecule has 19 heavy (non-hydrogen) atoms. The fourth-order valence-electron chi connectivity index (χ4n) is 2.55. The van der Waals surface area contributed by atoms with Crippen LogP contribution in [-0.2, 0) is 11.8 Å². The van der Waals surface area contributed by atoms with E-state index in [1.54, 1.807) is 7.05 Å². The SMILES string of the molecule is Cn1c([C@H]2C[C@H](CNC(=O)CCl)[C@H](O)C2)n[nH]c1=O. The molecule has 3 atom stereocenters. The second-order valence-corrected chi connectivity index (χ2v) is 5.15. The highest BCUT2D eigenvalue weighted by atomic mass is 35.5. The summed E-state index contributed by atoms with van der Waals surface area (Å²) in [5.41, 5.74) is -0.261. The molecule has 106 valence electrons. The van der Waals surface area contributed by atoms with Crippen molar-refractivity contribution in [2.24, 2.45) is 13.0 Å². The summed E-state index contributed by atoms with van der Waals surface area (Å²) >= 11 is 5.40. The minimum absolute atomic E-state index is 0.0249. The third-order valence-corrected chi connectivity index (χ3v) is 3.86. The average Bonchev–Trinajstić information content (AvgIpc) is 2.91. The van der Waals surface area contributed by atoms with Gasteiger partial charge in [-0.25, -0.2) is 9.89 Å². The smallest absolute Gasteiger partial charge is 0.343 e. The zero-order valence-corrected chi connectivity index (χ0v) is 11.4. The number of amides is 1. The summed E-state index contributed by atoms with van der Waals surface area (Å²) in [6.07, 6.45) is 0.717. The maximum Gasteiger partial charge on any atom is 0.343 e. The second-order valence-electron chi connectivity index (χ2n) is 4.88. The summed E-state index contributed by atoms with van der Waals surface area (Å²) in [4.78, 5) is 22.4. The quantitative estimate of drug-likeness (QED) is 0.639. The predicted octanol–water partition coefficient (Wildman–Crippen LogP) is -0.682. The first kappa shape index (κ1) is 14.1. The lowest BCUT2D eigenvalue weighted by Gasteiger charge is -2.14. The van der Waals surface area contributed by atoms with Gasteiger partial charge in [-0.2, -0.15) is 5.10 Å². The van der Waals surface area contributed by atoms with Crippen molar-refractivity contribution < 1.29 is 9.90 Å². The number of aromatic nitrogens is 3. The van der Waals surface area contributed by atoms with Crippen LogP contribution in [0.3, 0.4) is 0 Å². The van der Waals surface area contributed by atoms with Gasteiger partial charge >= 0.3 is 5.69 Å². The van der Waals surface area contributed by atoms with Crippen molar-refractivity contribution in [2.45, 2.75) is 24.9 Å². The average molecular weight is 289 g/mol. The number of halogens is 1. The van der Waals surface area contributed by atoms with E-state index in [1.165, 1.54) is 4.57 Å². The summed E-state index contributed by atoms with van der Waals surface area (Å²) in [6.45, 7) is 0.390. The Morgan fingerprint density at radius 2 is 2.37 bits per heavy atom. The molecule has 1 aromatic heterocycles. The van der Waals surface area contributed by atoms with Crippen LogP contribution in [0.25, 0.3) is 0 Å². The summed E-state index contributed by atoms with van der Waals surface area (Å²) in [5, 5.41) is 19.0. The van der Waals surface area contributed by atoms with Crippen molar-refractivity contribution >= 4 is 17.5 Å². The lowest BCUT2D eigenvalue weighted by atomic mass is 10.0. The van der Waals surface area contributed by atoms with Crippen molar-refractivity contribution in [1.82, 2.24) is 20.1 Å². The predicted molar refractivity (Wildman–Crippen MR) is 69.0 cm³/mol. The lowest BCUT2D eigenvalue weighted by molar-refractivity contribution is -0.118. The minimum Gasteiger partial charge on any atom is -0.393 e. The summed E-state index contributed by atoms with van der Waals surface area (Å²) in [6, 6.07) is 0. The van der Waals surface area contributed by atoms with Gasteiger partial charge in [0.2, 0.25) is 5.91 Å². The fourth-order valence-corrected chi connectivity index (χ4v) is 2.64. The van der Waals surface area contributed by atoms with Crippen LogP contribution in [0.1, 0.15) is 24.6 Å². The topological polar surface area (TPSA) is 100 Å². The Morgan fingerprint density at radius 3 is 2.95 bits per heavy atom. The zero-order valence-electron chi connectivity index (χ0n) is 10.6. The normalized spacial score (nSPS) is 26.6. The summed E-state index contributed by atoms with van der Waals surface area (Å²) in [7, 11) is 1.65. The van der Waals surface area contributed by atoms with E-state index in [2.05, 4.69) is 15.5 Å². The number of nitrogens with one attached hydrogen (secondary N) is 2. The van der Waals surface area contributed by atoms with Crippen molar-refractivity contribution in [1.29, 1.82) is 0 Å². The molecule has 1 amide bonds. The molecule has 0 bridgehead atoms. The monoisotopic (exact) mass is 288 g/mol. The van der Waals surface area contributed by atoms with E-state index in [1.807, 2.05) is 0 Å². The molecule has 1 aliphatic rings. The molecule has 3 N–H and O–H groups in total. The highest BCUT2D eigenvalue weighted by Gasteiger charge is 2.36. The third kappa shape index (κ3) is 2.98. The molecule has 0 aliphatic heterocycles. The number of aliphatic hydroxyl groups is 1. The van der Waals surface area contributed by atoms with Crippen LogP contribution in [-0.4, -0.2) is 44.3 Å². The Hall–Kier alpha value is -1.34. The summed E-state index contributed by atoms with van der Waals surface area (Å²) in [5.74, 6) is 0.306. The largest absolute Gasteiger partial charge is 0.393 e. The van der Waals surface area contributed by atoms with E-state index in [0.29, 0.717) is 25.2 Å². The van der Waals surface area contributed by atoms with Crippen molar-refractivity contribution in [3.05, 3.63) is 16.3 Å². The number of hydrogen-bond donors (Lipinski definition) is 3. The lowest BCUT2D eigenvalue weighted by Crippen LogP contribution is -2.33. The molecule has 0 radical (unpaired) electrons. The fraction of sp³-hybridized carbons (Fsp3) is 0.727. The van der Waals surface area contributed by atoms with E-state index in [9.17, 15) is 14.7 Å². The molecule has 7 nitrogen and oxygen atoms in total. The standard InChI is InChI=1S/C11H17ClN4O3/c1-16-10(14-15-11(16)19)6-2-7(8(17)3-6)5-13-9(18)4-12/h6-8,17H,2-5H2,1H3,(H,13,18)(H,15,19)/t6-,7+,8+/m0/s1. The van der Waals surface area contributed by atoms with Gasteiger partial charge in [-0.05, 0) is 12.8 Å². The third-order valence-electron chi connectivity index (χ3n) is 3.62. The number of alkyl halides is 1. The molecule has 0 aromatic carbocycles. The Kier molecular flexibility index (Phi) is 4.26. The van der Waals surface area contributed by atoms with Gasteiger partial charge in [-0.3, -0.25) is 9.36 Å². The van der Waals surface area contributed by atoms with E-state index >= 15 is 0 Å². The van der Waals surface area contributed by atoms with E-state index in [-0.39, 0.29) is 29.3 Å². The van der Waals surface area contributed by atoms with Gasteiger partial charge in [0, 0.05) is 25.4 Å². The molecule has 1 aliphatic carbocycles. The number of aromatic amines is 1. The number of carbonyl (C=O) groups is 1. The van der Waals surface area contributed by atoms with Crippen LogP contribution in [0, 0.1) is 5.92 Å². The molecule has 1 aromatic rings. The number of H-pyrrole nitrogens is 1. The van der Waals surface area contributed by atoms with Crippen molar-refractivity contribution in [3.63, 3.8) is 0 Å². The Labute approximate surface area is 115 Å². The molecule has 1 fully saturated rings. The molecule has 2 rings (SSSR count). The minimum atomic E-state index is -0.507. The van der Waals surface area contributed by atoms with Crippen LogP contribution in [0.5, 0.6) is 0 Å². The van der Waals surface area contributed by atoms with Crippen LogP contribution in [0.15, 0.2) is 4.79 Å². The number of hydrogen-bond acceptors (Lipinski definition) is 4. The number of nitrogens with zero attached hydrogens (tertiary/aromatic N) is 2. The van der Waals surface area contributed by atoms with E-state index < -0.39 is 6.10 Å². The van der Waals surface area contributed by atoms with E-state index in [0.717, 1.165) is 0 Å². The van der Waals surface area contributed by atoms with Gasteiger partial charge in [0.1, 0.15) is 11.7 Å². The second kappa shape index (κ2) is 5.75. The van der Waals surface area contributed by atoms with E-state index in [4.69, 9.17) is 11.6 Å². The van der Waals surface area contributed by atoms with Crippen LogP contribution < -0.4 is 11.0 Å². The van der Waals surface area contributed by atoms with Gasteiger partial charge in [-0.1, -0.05) is 0 Å². The maximum atomic E-state index is 11.3. The Balaban J connectivity index is 1.99. The van der Waals surface area contributed by atoms with Crippen LogP contribution in [0.4, 0.5) is 0 Å². The van der Waals surface area contributed by atoms with Gasteiger partial charge in [0.05, 0.1) is 6.10 Å². The zero-order chi connectivity index (χ0) is 14.0. The van der Waals surface area contributed by atoms with Crippen LogP contribution in [0.2, 0.25) is 0 Å². The molecule has 1 heterocycles. The first-order valence-corrected chi connectivity index (χ1v) is 6.68. The van der Waals surface area contributed by atoms with Gasteiger partial charge in [0.15, 0.2) is 0 Å². The van der Waals surface area contributed by atoms with Crippen LogP contribution >= 0.6 is 11.6 Å². The molecular weight excluding hydrogens is 272 g/mol. The molecular formula is C11H17ClN4O3. The molecule has 1 saturated carbocycles. The van der Waals surface area contributed by atoms with Gasteiger partial charge in [0.25, 0.3) is 0 Å². The first-order valence-electron chi connectivity index (χ1n) is 6.15. The molecule has 0 saturated heterocycles. The maximum absolute atomic E-state index is 11.3. The Morgan fingerprint density at radius 1 is 1.63 bits per heavy atom. The summed E-state index contributed by atoms with van der Waals surface area (Å²) < 4.78 is 1.46. The highest BCUT2D eigenvalue weighted by molar-refractivity contribution is 6.27. The number of rotatable bonds is 4. The van der Waals surface area contributed by atoms with Crippen molar-refractivity contribution in [3.8, 4) is 0 Å². The molecule has 0 unspecified atom stereocenters. The Bertz CT molecular complexity index is 512. The number of aliphatic hydroxyl groups excluding tert-OH is 1. The van der Waals surface area contributed by atoms with Crippen molar-refractivity contribution in [2.75, 3.05) is 12.4 Å². The molecule has 8 heteroatoms. The van der Waals surface area contributed by atoms with Gasteiger partial charge in [-0.15, -0.1) is 11.6 Å². The van der Waals surface area contributed by atoms with Gasteiger partial charge < -0.3 is 10.4 Å². The highest BCUT2D eigenvalue weighted by Crippen LogP contribution is 2.36. The number of carbonyl (C=O) groups excluding carboxylic acids is 1.